The number of anilines is 1. The molecule has 0 fully saturated rings. The molecule has 0 bridgehead atoms. The number of rotatable bonds is 11. The molecule has 9 heteroatoms. The van der Waals surface area contributed by atoms with Gasteiger partial charge in [0, 0.05) is 12.1 Å². The molecule has 0 aromatic heterocycles. The van der Waals surface area contributed by atoms with E-state index in [1.807, 2.05) is 58.0 Å². The van der Waals surface area contributed by atoms with E-state index >= 15 is 0 Å². The summed E-state index contributed by atoms with van der Waals surface area (Å²) in [7, 11) is -2.63. The van der Waals surface area contributed by atoms with E-state index in [1.165, 1.54) is 24.1 Å². The van der Waals surface area contributed by atoms with Gasteiger partial charge in [-0.15, -0.1) is 0 Å². The number of carbonyl (C=O) groups excluding carboxylic acids is 2. The largest absolute Gasteiger partial charge is 0.497 e. The molecule has 0 heterocycles. The molecule has 0 aliphatic carbocycles. The SMILES string of the molecule is CC[C@@H](C(=O)NC(C)(C)C)N(Cc1ccccc1)C(=O)CN(c1ccccc1)S(=O)(=O)c1ccc(OC)cc1. The molecule has 0 aliphatic rings. The molecule has 0 saturated carbocycles. The minimum absolute atomic E-state index is 0.0204. The maximum atomic E-state index is 14.0. The average Bonchev–Trinajstić information content (AvgIpc) is 2.91. The van der Waals surface area contributed by atoms with Crippen molar-refractivity contribution < 1.29 is 22.7 Å². The highest BCUT2D eigenvalue weighted by atomic mass is 32.2. The second kappa shape index (κ2) is 12.8. The zero-order chi connectivity index (χ0) is 28.6. The number of ether oxygens (including phenoxy) is 1. The van der Waals surface area contributed by atoms with Crippen molar-refractivity contribution in [3.8, 4) is 5.75 Å². The number of nitrogens with one attached hydrogen (secondary N) is 1. The number of carbonyl (C=O) groups is 2. The van der Waals surface area contributed by atoms with E-state index in [9.17, 15) is 18.0 Å². The third-order valence-electron chi connectivity index (χ3n) is 6.05. The van der Waals surface area contributed by atoms with Gasteiger partial charge < -0.3 is 15.0 Å². The third kappa shape index (κ3) is 7.83. The Balaban J connectivity index is 2.03. The van der Waals surface area contributed by atoms with Gasteiger partial charge in [0.1, 0.15) is 18.3 Å². The van der Waals surface area contributed by atoms with Gasteiger partial charge in [0.15, 0.2) is 0 Å². The Bertz CT molecular complexity index is 1340. The van der Waals surface area contributed by atoms with Gasteiger partial charge in [0.2, 0.25) is 11.8 Å². The fourth-order valence-electron chi connectivity index (χ4n) is 4.15. The highest BCUT2D eigenvalue weighted by Crippen LogP contribution is 2.26. The Morgan fingerprint density at radius 1 is 0.897 bits per heavy atom. The number of hydrogen-bond donors (Lipinski definition) is 1. The number of amides is 2. The van der Waals surface area contributed by atoms with Crippen molar-refractivity contribution in [3.05, 3.63) is 90.5 Å². The first-order valence-electron chi connectivity index (χ1n) is 12.8. The second-order valence-electron chi connectivity index (χ2n) is 10.2. The van der Waals surface area contributed by atoms with E-state index < -0.39 is 34.1 Å². The lowest BCUT2D eigenvalue weighted by Gasteiger charge is -2.34. The maximum absolute atomic E-state index is 14.0. The van der Waals surface area contributed by atoms with Gasteiger partial charge >= 0.3 is 0 Å². The highest BCUT2D eigenvalue weighted by molar-refractivity contribution is 7.92. The number of hydrogen-bond acceptors (Lipinski definition) is 5. The Labute approximate surface area is 231 Å². The van der Waals surface area contributed by atoms with Crippen molar-refractivity contribution in [2.45, 2.75) is 57.1 Å². The first kappa shape index (κ1) is 29.7. The Morgan fingerprint density at radius 3 is 1.97 bits per heavy atom. The van der Waals surface area contributed by atoms with Crippen LogP contribution in [0.4, 0.5) is 5.69 Å². The molecule has 0 saturated heterocycles. The van der Waals surface area contributed by atoms with Crippen LogP contribution in [0.15, 0.2) is 89.8 Å². The lowest BCUT2D eigenvalue weighted by Crippen LogP contribution is -2.55. The Morgan fingerprint density at radius 2 is 1.46 bits per heavy atom. The van der Waals surface area contributed by atoms with Gasteiger partial charge in [-0.25, -0.2) is 8.42 Å². The molecule has 3 rings (SSSR count). The van der Waals surface area contributed by atoms with Crippen molar-refractivity contribution in [1.29, 1.82) is 0 Å². The molecule has 0 radical (unpaired) electrons. The summed E-state index contributed by atoms with van der Waals surface area (Å²) in [5, 5.41) is 2.97. The summed E-state index contributed by atoms with van der Waals surface area (Å²) in [6.45, 7) is 7.13. The van der Waals surface area contributed by atoms with Crippen molar-refractivity contribution in [2.75, 3.05) is 18.0 Å². The van der Waals surface area contributed by atoms with E-state index in [-0.39, 0.29) is 17.3 Å². The van der Waals surface area contributed by atoms with Gasteiger partial charge in [0.25, 0.3) is 10.0 Å². The first-order chi connectivity index (χ1) is 18.5. The van der Waals surface area contributed by atoms with Crippen LogP contribution >= 0.6 is 0 Å². The summed E-state index contributed by atoms with van der Waals surface area (Å²) in [5.74, 6) is -0.268. The van der Waals surface area contributed by atoms with E-state index in [1.54, 1.807) is 42.5 Å². The van der Waals surface area contributed by atoms with Crippen LogP contribution in [0, 0.1) is 0 Å². The molecule has 3 aromatic carbocycles. The van der Waals surface area contributed by atoms with E-state index in [4.69, 9.17) is 4.74 Å². The molecule has 208 valence electrons. The van der Waals surface area contributed by atoms with E-state index in [0.29, 0.717) is 17.9 Å². The van der Waals surface area contributed by atoms with Crippen LogP contribution in [0.5, 0.6) is 5.75 Å². The Hall–Kier alpha value is -3.85. The van der Waals surface area contributed by atoms with Gasteiger partial charge in [-0.1, -0.05) is 55.5 Å². The quantitative estimate of drug-likeness (QED) is 0.375. The molecule has 39 heavy (non-hydrogen) atoms. The zero-order valence-electron chi connectivity index (χ0n) is 23.1. The predicted octanol–water partition coefficient (Wildman–Crippen LogP) is 4.61. The van der Waals surface area contributed by atoms with Gasteiger partial charge in [0.05, 0.1) is 17.7 Å². The minimum atomic E-state index is -4.13. The molecule has 1 N–H and O–H groups in total. The molecule has 1 atom stereocenters. The maximum Gasteiger partial charge on any atom is 0.264 e. The molecule has 8 nitrogen and oxygen atoms in total. The topological polar surface area (TPSA) is 96.0 Å². The van der Waals surface area contributed by atoms with Crippen molar-refractivity contribution in [3.63, 3.8) is 0 Å². The van der Waals surface area contributed by atoms with Crippen LogP contribution < -0.4 is 14.4 Å². The molecule has 2 amide bonds. The smallest absolute Gasteiger partial charge is 0.264 e. The first-order valence-corrected chi connectivity index (χ1v) is 14.3. The van der Waals surface area contributed by atoms with Crippen molar-refractivity contribution in [1.82, 2.24) is 10.2 Å². The zero-order valence-corrected chi connectivity index (χ0v) is 23.9. The number of nitrogens with zero attached hydrogens (tertiary/aromatic N) is 2. The standard InChI is InChI=1S/C30H37N3O5S/c1-6-27(29(35)31-30(2,3)4)32(21-23-13-9-7-10-14-23)28(34)22-33(24-15-11-8-12-16-24)39(36,37)26-19-17-25(38-5)18-20-26/h7-20,27H,6,21-22H2,1-5H3,(H,31,35)/t27-/m0/s1. The summed E-state index contributed by atoms with van der Waals surface area (Å²) < 4.78 is 33.9. The molecule has 0 unspecified atom stereocenters. The average molecular weight is 552 g/mol. The van der Waals surface area contributed by atoms with Crippen LogP contribution in [0.2, 0.25) is 0 Å². The normalized spacial score (nSPS) is 12.3. The predicted molar refractivity (Wildman–Crippen MR) is 153 cm³/mol. The van der Waals surface area contributed by atoms with Crippen LogP contribution in [-0.4, -0.2) is 50.4 Å². The number of sulfonamides is 1. The Kier molecular flexibility index (Phi) is 9.75. The van der Waals surface area contributed by atoms with Crippen molar-refractivity contribution in [2.24, 2.45) is 0 Å². The summed E-state index contributed by atoms with van der Waals surface area (Å²) in [4.78, 5) is 28.8. The molecular weight excluding hydrogens is 514 g/mol. The summed E-state index contributed by atoms with van der Waals surface area (Å²) in [6.07, 6.45) is 0.358. The fraction of sp³-hybridized carbons (Fsp3) is 0.333. The van der Waals surface area contributed by atoms with E-state index in [2.05, 4.69) is 5.32 Å². The number of benzene rings is 3. The number of para-hydroxylation sites is 1. The van der Waals surface area contributed by atoms with Crippen LogP contribution in [0.1, 0.15) is 39.7 Å². The summed E-state index contributed by atoms with van der Waals surface area (Å²) in [5.41, 5.74) is 0.672. The molecule has 0 spiro atoms. The lowest BCUT2D eigenvalue weighted by molar-refractivity contribution is -0.141. The van der Waals surface area contributed by atoms with Crippen molar-refractivity contribution >= 4 is 27.5 Å². The third-order valence-corrected chi connectivity index (χ3v) is 7.84. The van der Waals surface area contributed by atoms with E-state index in [0.717, 1.165) is 9.87 Å². The summed E-state index contributed by atoms with van der Waals surface area (Å²) in [6, 6.07) is 23.0. The minimum Gasteiger partial charge on any atom is -0.497 e. The molecule has 0 aliphatic heterocycles. The second-order valence-corrected chi connectivity index (χ2v) is 12.1. The number of methoxy groups -OCH3 is 1. The lowest BCUT2D eigenvalue weighted by atomic mass is 10.1. The highest BCUT2D eigenvalue weighted by Gasteiger charge is 2.34. The molecule has 3 aromatic rings. The van der Waals surface area contributed by atoms with Gasteiger partial charge in [-0.2, -0.15) is 0 Å². The van der Waals surface area contributed by atoms with Gasteiger partial charge in [-0.05, 0) is 69.2 Å². The molecular formula is C30H37N3O5S. The van der Waals surface area contributed by atoms with Crippen LogP contribution in [0.25, 0.3) is 0 Å². The van der Waals surface area contributed by atoms with Crippen LogP contribution in [-0.2, 0) is 26.2 Å². The summed E-state index contributed by atoms with van der Waals surface area (Å²) >= 11 is 0. The van der Waals surface area contributed by atoms with Crippen LogP contribution in [0.3, 0.4) is 0 Å². The monoisotopic (exact) mass is 551 g/mol. The van der Waals surface area contributed by atoms with Gasteiger partial charge in [-0.3, -0.25) is 13.9 Å². The fourth-order valence-corrected chi connectivity index (χ4v) is 5.56.